The van der Waals surface area contributed by atoms with Gasteiger partial charge in [-0.1, -0.05) is 6.92 Å². The molecule has 0 spiro atoms. The molecule has 4 nitrogen and oxygen atoms in total. The number of imidazole rings is 1. The van der Waals surface area contributed by atoms with Gasteiger partial charge >= 0.3 is 0 Å². The summed E-state index contributed by atoms with van der Waals surface area (Å²) in [6.45, 7) is 4.98. The first-order valence-electron chi connectivity index (χ1n) is 5.55. The zero-order chi connectivity index (χ0) is 12.1. The van der Waals surface area contributed by atoms with Crippen LogP contribution < -0.4 is 5.32 Å². The normalized spacial score (nSPS) is 17.0. The molecule has 0 radical (unpaired) electrons. The zero-order valence-corrected chi connectivity index (χ0v) is 11.3. The molecule has 0 aliphatic rings. The van der Waals surface area contributed by atoms with Gasteiger partial charge in [-0.15, -0.1) is 0 Å². The third kappa shape index (κ3) is 3.72. The summed E-state index contributed by atoms with van der Waals surface area (Å²) in [5.41, 5.74) is 0. The van der Waals surface area contributed by atoms with Gasteiger partial charge in [0.25, 0.3) is 0 Å². The molecule has 0 saturated carbocycles. The number of nitrogens with one attached hydrogen (secondary N) is 1. The Balaban J connectivity index is 2.34. The van der Waals surface area contributed by atoms with Crippen LogP contribution >= 0.6 is 0 Å². The van der Waals surface area contributed by atoms with E-state index in [9.17, 15) is 4.21 Å². The van der Waals surface area contributed by atoms with Gasteiger partial charge in [0, 0.05) is 41.7 Å². The molecule has 1 aromatic heterocycles. The number of aryl methyl sites for hydroxylation is 1. The lowest BCUT2D eigenvalue weighted by molar-refractivity contribution is 0.518. The van der Waals surface area contributed by atoms with Gasteiger partial charge in [0.05, 0.1) is 6.04 Å². The van der Waals surface area contributed by atoms with Crippen LogP contribution in [0.15, 0.2) is 12.4 Å². The van der Waals surface area contributed by atoms with Gasteiger partial charge < -0.3 is 9.88 Å². The summed E-state index contributed by atoms with van der Waals surface area (Å²) in [6, 6.07) is 0.234. The average molecular weight is 243 g/mol. The molecule has 0 amide bonds. The first kappa shape index (κ1) is 13.4. The van der Waals surface area contributed by atoms with Crippen molar-refractivity contribution in [2.24, 2.45) is 7.05 Å². The topological polar surface area (TPSA) is 46.9 Å². The van der Waals surface area contributed by atoms with Gasteiger partial charge in [-0.3, -0.25) is 4.21 Å². The number of nitrogens with zero attached hydrogens (tertiary/aromatic N) is 2. The molecular formula is C11H21N3OS. The van der Waals surface area contributed by atoms with E-state index in [1.165, 1.54) is 0 Å². The quantitative estimate of drug-likeness (QED) is 0.817. The highest BCUT2D eigenvalue weighted by Crippen LogP contribution is 2.08. The number of rotatable bonds is 6. The first-order chi connectivity index (χ1) is 7.52. The van der Waals surface area contributed by atoms with Crippen LogP contribution in [0.1, 0.15) is 32.1 Å². The highest BCUT2D eigenvalue weighted by Gasteiger charge is 2.11. The van der Waals surface area contributed by atoms with E-state index in [2.05, 4.69) is 17.2 Å². The summed E-state index contributed by atoms with van der Waals surface area (Å²) < 4.78 is 13.2. The Hall–Kier alpha value is -0.680. The van der Waals surface area contributed by atoms with Gasteiger partial charge in [-0.2, -0.15) is 0 Å². The van der Waals surface area contributed by atoms with E-state index < -0.39 is 10.8 Å². The van der Waals surface area contributed by atoms with E-state index in [0.717, 1.165) is 18.8 Å². The minimum atomic E-state index is -0.727. The van der Waals surface area contributed by atoms with Crippen molar-refractivity contribution in [1.82, 2.24) is 14.9 Å². The van der Waals surface area contributed by atoms with Gasteiger partial charge in [-0.05, 0) is 19.9 Å². The zero-order valence-electron chi connectivity index (χ0n) is 10.4. The van der Waals surface area contributed by atoms with Crippen LogP contribution in [0.25, 0.3) is 0 Å². The summed E-state index contributed by atoms with van der Waals surface area (Å²) in [5, 5.41) is 3.64. The lowest BCUT2D eigenvalue weighted by Crippen LogP contribution is -2.25. The minimum absolute atomic E-state index is 0.234. The highest BCUT2D eigenvalue weighted by molar-refractivity contribution is 7.84. The highest BCUT2D eigenvalue weighted by atomic mass is 32.2. The Kier molecular flexibility index (Phi) is 5.15. The van der Waals surface area contributed by atoms with Crippen molar-refractivity contribution in [3.05, 3.63) is 18.2 Å². The molecular weight excluding hydrogens is 222 g/mol. The number of hydrogen-bond donors (Lipinski definition) is 1. The van der Waals surface area contributed by atoms with E-state index in [4.69, 9.17) is 0 Å². The molecule has 0 saturated heterocycles. The van der Waals surface area contributed by atoms with E-state index in [-0.39, 0.29) is 11.3 Å². The van der Waals surface area contributed by atoms with Crippen LogP contribution in [-0.2, 0) is 17.8 Å². The molecule has 0 fully saturated rings. The van der Waals surface area contributed by atoms with Gasteiger partial charge in [0.15, 0.2) is 0 Å². The molecule has 1 heterocycles. The van der Waals surface area contributed by atoms with Crippen LogP contribution in [0.4, 0.5) is 0 Å². The van der Waals surface area contributed by atoms with Crippen LogP contribution in [0.2, 0.25) is 0 Å². The maximum absolute atomic E-state index is 11.2. The Labute approximate surface area is 99.9 Å². The Morgan fingerprint density at radius 2 is 2.25 bits per heavy atom. The van der Waals surface area contributed by atoms with E-state index >= 15 is 0 Å². The fraction of sp³-hybridized carbons (Fsp3) is 0.727. The van der Waals surface area contributed by atoms with Crippen molar-refractivity contribution >= 4 is 10.8 Å². The lowest BCUT2D eigenvalue weighted by atomic mass is 10.2. The summed E-state index contributed by atoms with van der Waals surface area (Å²) >= 11 is 0. The van der Waals surface area contributed by atoms with E-state index in [0.29, 0.717) is 0 Å². The molecule has 1 rings (SSSR count). The second kappa shape index (κ2) is 6.15. The van der Waals surface area contributed by atoms with Crippen molar-refractivity contribution in [3.8, 4) is 0 Å². The summed E-state index contributed by atoms with van der Waals surface area (Å²) in [7, 11) is 1.26. The minimum Gasteiger partial charge on any atom is -0.337 e. The molecule has 1 N–H and O–H groups in total. The fourth-order valence-electron chi connectivity index (χ4n) is 1.55. The van der Waals surface area contributed by atoms with Crippen molar-refractivity contribution in [1.29, 1.82) is 0 Å². The first-order valence-corrected chi connectivity index (χ1v) is 7.17. The molecule has 92 valence electrons. The van der Waals surface area contributed by atoms with Crippen LogP contribution in [0.3, 0.4) is 0 Å². The molecule has 3 atom stereocenters. The Morgan fingerprint density at radius 1 is 1.56 bits per heavy atom. The monoisotopic (exact) mass is 243 g/mol. The third-order valence-corrected chi connectivity index (χ3v) is 4.18. The average Bonchev–Trinajstić information content (AvgIpc) is 2.64. The largest absolute Gasteiger partial charge is 0.337 e. The summed E-state index contributed by atoms with van der Waals surface area (Å²) in [6.07, 6.45) is 6.43. The van der Waals surface area contributed by atoms with E-state index in [1.807, 2.05) is 24.7 Å². The second-order valence-electron chi connectivity index (χ2n) is 4.17. The van der Waals surface area contributed by atoms with Crippen molar-refractivity contribution in [3.63, 3.8) is 0 Å². The van der Waals surface area contributed by atoms with E-state index in [1.54, 1.807) is 12.5 Å². The van der Waals surface area contributed by atoms with Crippen LogP contribution in [-0.4, -0.2) is 31.8 Å². The van der Waals surface area contributed by atoms with Crippen LogP contribution in [0, 0.1) is 0 Å². The molecule has 3 unspecified atom stereocenters. The third-order valence-electron chi connectivity index (χ3n) is 2.81. The molecule has 0 aliphatic carbocycles. The van der Waals surface area contributed by atoms with Crippen molar-refractivity contribution in [2.75, 3.05) is 12.8 Å². The maximum Gasteiger partial charge on any atom is 0.125 e. The maximum atomic E-state index is 11.2. The SMILES string of the molecule is CC(NCCC(C)S(C)=O)c1nccn1C. The molecule has 5 heteroatoms. The van der Waals surface area contributed by atoms with Crippen molar-refractivity contribution in [2.45, 2.75) is 31.6 Å². The predicted molar refractivity (Wildman–Crippen MR) is 67.8 cm³/mol. The predicted octanol–water partition coefficient (Wildman–Crippen LogP) is 1.23. The fourth-order valence-corrected chi connectivity index (χ4v) is 2.00. The summed E-state index contributed by atoms with van der Waals surface area (Å²) in [5.74, 6) is 1.03. The van der Waals surface area contributed by atoms with Crippen LogP contribution in [0.5, 0.6) is 0 Å². The lowest BCUT2D eigenvalue weighted by Gasteiger charge is -2.15. The summed E-state index contributed by atoms with van der Waals surface area (Å²) in [4.78, 5) is 4.29. The van der Waals surface area contributed by atoms with Gasteiger partial charge in [-0.25, -0.2) is 4.98 Å². The Bertz CT molecular complexity index is 351. The number of hydrogen-bond acceptors (Lipinski definition) is 3. The standard InChI is InChI=1S/C11H21N3OS/c1-9(16(4)15)5-6-12-10(2)11-13-7-8-14(11)3/h7-10,12H,5-6H2,1-4H3. The van der Waals surface area contributed by atoms with Crippen molar-refractivity contribution < 1.29 is 4.21 Å². The Morgan fingerprint density at radius 3 is 2.75 bits per heavy atom. The molecule has 0 aliphatic heterocycles. The smallest absolute Gasteiger partial charge is 0.125 e. The van der Waals surface area contributed by atoms with Gasteiger partial charge in [0.1, 0.15) is 5.82 Å². The van der Waals surface area contributed by atoms with Gasteiger partial charge in [0.2, 0.25) is 0 Å². The second-order valence-corrected chi connectivity index (χ2v) is 5.97. The molecule has 0 aromatic carbocycles. The number of aromatic nitrogens is 2. The molecule has 0 bridgehead atoms. The molecule has 1 aromatic rings. The molecule has 16 heavy (non-hydrogen) atoms.